The molecule has 1 aromatic carbocycles. The molecule has 2 heterocycles. The van der Waals surface area contributed by atoms with E-state index in [0.717, 1.165) is 0 Å². The molecule has 0 saturated heterocycles. The molecule has 2 aromatic heterocycles. The highest BCUT2D eigenvalue weighted by Gasteiger charge is 2.21. The molecule has 0 fully saturated rings. The number of halogens is 1. The van der Waals surface area contributed by atoms with Crippen molar-refractivity contribution in [2.75, 3.05) is 11.8 Å². The molecule has 24 heavy (non-hydrogen) atoms. The summed E-state index contributed by atoms with van der Waals surface area (Å²) in [7, 11) is -2.62. The first-order valence-corrected chi connectivity index (χ1v) is 8.41. The van der Waals surface area contributed by atoms with E-state index in [1.807, 2.05) is 6.07 Å². The van der Waals surface area contributed by atoms with Crippen molar-refractivity contribution in [1.82, 2.24) is 15.0 Å². The van der Waals surface area contributed by atoms with Crippen molar-refractivity contribution in [2.45, 2.75) is 4.90 Å². The van der Waals surface area contributed by atoms with Crippen LogP contribution in [0.25, 0.3) is 10.9 Å². The summed E-state index contributed by atoms with van der Waals surface area (Å²) >= 11 is 5.89. The molecule has 0 amide bonds. The van der Waals surface area contributed by atoms with E-state index in [1.54, 1.807) is 18.2 Å². The maximum atomic E-state index is 12.6. The van der Waals surface area contributed by atoms with Gasteiger partial charge in [-0.2, -0.15) is 10.2 Å². The minimum absolute atomic E-state index is 0.0177. The summed E-state index contributed by atoms with van der Waals surface area (Å²) in [5.41, 5.74) is 0.684. The second-order valence-electron chi connectivity index (χ2n) is 4.68. The van der Waals surface area contributed by atoms with Gasteiger partial charge in [0, 0.05) is 22.1 Å². The highest BCUT2D eigenvalue weighted by molar-refractivity contribution is 7.93. The lowest BCUT2D eigenvalue weighted by molar-refractivity contribution is 0.396. The molecule has 0 radical (unpaired) electrons. The highest BCUT2D eigenvalue weighted by atomic mass is 35.5. The summed E-state index contributed by atoms with van der Waals surface area (Å²) in [6, 6.07) is 6.67. The van der Waals surface area contributed by atoms with Gasteiger partial charge < -0.3 is 9.72 Å². The molecule has 3 rings (SSSR count). The predicted octanol–water partition coefficient (Wildman–Crippen LogP) is 2.29. The van der Waals surface area contributed by atoms with Crippen LogP contribution in [0.3, 0.4) is 0 Å². The average Bonchev–Trinajstić information content (AvgIpc) is 2.98. The maximum absolute atomic E-state index is 12.6. The number of hydrogen-bond donors (Lipinski definition) is 2. The molecule has 8 nitrogen and oxygen atoms in total. The van der Waals surface area contributed by atoms with Gasteiger partial charge in [-0.1, -0.05) is 11.6 Å². The Bertz CT molecular complexity index is 1070. The lowest BCUT2D eigenvalue weighted by Crippen LogP contribution is -2.15. The maximum Gasteiger partial charge on any atom is 0.266 e. The molecular formula is C14H10ClN5O3S. The molecule has 3 aromatic rings. The molecular weight excluding hydrogens is 354 g/mol. The van der Waals surface area contributed by atoms with E-state index in [9.17, 15) is 8.42 Å². The van der Waals surface area contributed by atoms with Crippen LogP contribution in [-0.2, 0) is 10.0 Å². The number of nitriles is 1. The second-order valence-corrected chi connectivity index (χ2v) is 6.76. The third kappa shape index (κ3) is 2.84. The second kappa shape index (κ2) is 5.99. The van der Waals surface area contributed by atoms with Crippen LogP contribution < -0.4 is 9.46 Å². The number of rotatable bonds is 4. The number of aromatic amines is 1. The van der Waals surface area contributed by atoms with Crippen LogP contribution in [0.2, 0.25) is 5.02 Å². The van der Waals surface area contributed by atoms with Crippen LogP contribution in [0.15, 0.2) is 35.5 Å². The van der Waals surface area contributed by atoms with E-state index in [0.29, 0.717) is 15.9 Å². The molecule has 0 spiro atoms. The van der Waals surface area contributed by atoms with Gasteiger partial charge in [-0.3, -0.25) is 0 Å². The van der Waals surface area contributed by atoms with Crippen LogP contribution in [0.5, 0.6) is 5.88 Å². The lowest BCUT2D eigenvalue weighted by Gasteiger charge is -2.07. The van der Waals surface area contributed by atoms with Gasteiger partial charge in [-0.25, -0.2) is 18.1 Å². The van der Waals surface area contributed by atoms with E-state index >= 15 is 0 Å². The average molecular weight is 364 g/mol. The van der Waals surface area contributed by atoms with Gasteiger partial charge in [0.15, 0.2) is 0 Å². The summed E-state index contributed by atoms with van der Waals surface area (Å²) in [6.45, 7) is 0. The van der Waals surface area contributed by atoms with Crippen LogP contribution >= 0.6 is 11.6 Å². The zero-order valence-electron chi connectivity index (χ0n) is 12.2. The highest BCUT2D eigenvalue weighted by Crippen LogP contribution is 2.26. The molecule has 0 aliphatic carbocycles. The van der Waals surface area contributed by atoms with Crippen molar-refractivity contribution in [1.29, 1.82) is 5.26 Å². The molecule has 0 atom stereocenters. The Morgan fingerprint density at radius 1 is 1.42 bits per heavy atom. The normalized spacial score (nSPS) is 11.2. The molecule has 0 aliphatic heterocycles. The quantitative estimate of drug-likeness (QED) is 0.733. The summed E-state index contributed by atoms with van der Waals surface area (Å²) in [5, 5.41) is 9.87. The predicted molar refractivity (Wildman–Crippen MR) is 87.4 cm³/mol. The number of nitrogens with zero attached hydrogens (tertiary/aromatic N) is 3. The van der Waals surface area contributed by atoms with Gasteiger partial charge in [-0.15, -0.1) is 0 Å². The summed E-state index contributed by atoms with van der Waals surface area (Å²) < 4.78 is 32.3. The Morgan fingerprint density at radius 2 is 2.21 bits per heavy atom. The van der Waals surface area contributed by atoms with Crippen LogP contribution in [-0.4, -0.2) is 30.5 Å². The first-order chi connectivity index (χ1) is 11.4. The fourth-order valence-electron chi connectivity index (χ4n) is 2.12. The molecule has 10 heteroatoms. The first kappa shape index (κ1) is 16.0. The number of methoxy groups -OCH3 is 1. The van der Waals surface area contributed by atoms with Crippen LogP contribution in [0.1, 0.15) is 5.56 Å². The van der Waals surface area contributed by atoms with Crippen molar-refractivity contribution in [3.05, 3.63) is 41.2 Å². The van der Waals surface area contributed by atoms with Crippen LogP contribution in [0.4, 0.5) is 5.95 Å². The molecule has 2 N–H and O–H groups in total. The van der Waals surface area contributed by atoms with Crippen molar-refractivity contribution >= 4 is 38.5 Å². The summed E-state index contributed by atoms with van der Waals surface area (Å²) in [4.78, 5) is 10.6. The van der Waals surface area contributed by atoms with E-state index in [1.165, 1.54) is 19.5 Å². The fraction of sp³-hybridized carbons (Fsp3) is 0.0714. The zero-order chi connectivity index (χ0) is 17.3. The number of ether oxygens (including phenoxy) is 1. The van der Waals surface area contributed by atoms with Crippen molar-refractivity contribution in [2.24, 2.45) is 0 Å². The van der Waals surface area contributed by atoms with Gasteiger partial charge in [0.25, 0.3) is 10.0 Å². The number of sulfonamides is 1. The molecule has 0 saturated carbocycles. The van der Waals surface area contributed by atoms with E-state index < -0.39 is 10.0 Å². The number of hydrogen-bond acceptors (Lipinski definition) is 6. The zero-order valence-corrected chi connectivity index (χ0v) is 13.8. The third-order valence-electron chi connectivity index (χ3n) is 3.19. The number of aromatic nitrogens is 3. The minimum Gasteiger partial charge on any atom is -0.480 e. The number of benzene rings is 1. The Kier molecular flexibility index (Phi) is 4.01. The first-order valence-electron chi connectivity index (χ1n) is 6.55. The van der Waals surface area contributed by atoms with E-state index in [2.05, 4.69) is 19.7 Å². The third-order valence-corrected chi connectivity index (χ3v) is 4.79. The van der Waals surface area contributed by atoms with Gasteiger partial charge >= 0.3 is 0 Å². The topological polar surface area (TPSA) is 121 Å². The molecule has 0 bridgehead atoms. The monoisotopic (exact) mass is 363 g/mol. The van der Waals surface area contributed by atoms with E-state index in [-0.39, 0.29) is 22.3 Å². The standard InChI is InChI=1S/C14H10ClN5O3S/c1-23-13-8(5-16)6-18-14(19-13)20-24(21,22)12-7-17-11-4-9(15)2-3-10(11)12/h2-4,6-7,17H,1H3,(H,18,19,20). The van der Waals surface area contributed by atoms with Gasteiger partial charge in [0.1, 0.15) is 16.5 Å². The fourth-order valence-corrected chi connectivity index (χ4v) is 3.42. The van der Waals surface area contributed by atoms with Crippen molar-refractivity contribution < 1.29 is 13.2 Å². The Morgan fingerprint density at radius 3 is 2.92 bits per heavy atom. The van der Waals surface area contributed by atoms with Gasteiger partial charge in [-0.05, 0) is 18.2 Å². The molecule has 0 aliphatic rings. The number of fused-ring (bicyclic) bond motifs is 1. The smallest absolute Gasteiger partial charge is 0.266 e. The Hall–Kier alpha value is -2.83. The number of nitrogens with one attached hydrogen (secondary N) is 2. The minimum atomic E-state index is -3.94. The van der Waals surface area contributed by atoms with Crippen LogP contribution in [0, 0.1) is 11.3 Å². The summed E-state index contributed by atoms with van der Waals surface area (Å²) in [5.74, 6) is -0.218. The largest absolute Gasteiger partial charge is 0.480 e. The molecule has 122 valence electrons. The number of anilines is 1. The van der Waals surface area contributed by atoms with Gasteiger partial charge in [0.05, 0.1) is 13.3 Å². The summed E-state index contributed by atoms with van der Waals surface area (Å²) in [6.07, 6.45) is 2.53. The Labute approximate surface area is 142 Å². The van der Waals surface area contributed by atoms with Crippen molar-refractivity contribution in [3.8, 4) is 11.9 Å². The SMILES string of the molecule is COc1nc(NS(=O)(=O)c2c[nH]c3cc(Cl)ccc23)ncc1C#N. The van der Waals surface area contributed by atoms with Gasteiger partial charge in [0.2, 0.25) is 11.8 Å². The molecule has 0 unspecified atom stereocenters. The van der Waals surface area contributed by atoms with Crippen molar-refractivity contribution in [3.63, 3.8) is 0 Å². The lowest BCUT2D eigenvalue weighted by atomic mass is 10.2. The Balaban J connectivity index is 2.01. The van der Waals surface area contributed by atoms with E-state index in [4.69, 9.17) is 21.6 Å². The number of H-pyrrole nitrogens is 1.